The summed E-state index contributed by atoms with van der Waals surface area (Å²) in [6.07, 6.45) is -3.04. The third-order valence-electron chi connectivity index (χ3n) is 5.20. The van der Waals surface area contributed by atoms with Gasteiger partial charge in [0.1, 0.15) is 0 Å². The van der Waals surface area contributed by atoms with Crippen molar-refractivity contribution in [3.8, 4) is 0 Å². The largest absolute Gasteiger partial charge is 0.416 e. The summed E-state index contributed by atoms with van der Waals surface area (Å²) in [7, 11) is 0. The molecule has 1 saturated heterocycles. The summed E-state index contributed by atoms with van der Waals surface area (Å²) in [5.41, 5.74) is 0.608. The Morgan fingerprint density at radius 1 is 1.00 bits per heavy atom. The second kappa shape index (κ2) is 10.2. The fourth-order valence-electron chi connectivity index (χ4n) is 3.46. The maximum absolute atomic E-state index is 12.6. The molecule has 0 aliphatic carbocycles. The van der Waals surface area contributed by atoms with E-state index in [9.17, 15) is 22.8 Å². The number of halogens is 4. The monoisotopic (exact) mass is 453 g/mol. The van der Waals surface area contributed by atoms with Gasteiger partial charge in [0.25, 0.3) is 0 Å². The molecule has 0 radical (unpaired) electrons. The van der Waals surface area contributed by atoms with Crippen molar-refractivity contribution in [2.75, 3.05) is 25.0 Å². The number of hydrogen-bond donors (Lipinski definition) is 2. The van der Waals surface area contributed by atoms with E-state index in [1.807, 2.05) is 24.3 Å². The number of alkyl halides is 3. The zero-order valence-electron chi connectivity index (χ0n) is 16.7. The molecule has 3 rings (SSSR count). The maximum atomic E-state index is 12.6. The van der Waals surface area contributed by atoms with Gasteiger partial charge in [0.05, 0.1) is 12.1 Å². The first kappa shape index (κ1) is 23.1. The molecule has 0 atom stereocenters. The number of piperidine rings is 1. The van der Waals surface area contributed by atoms with Gasteiger partial charge in [-0.1, -0.05) is 23.7 Å². The van der Waals surface area contributed by atoms with Crippen molar-refractivity contribution in [2.24, 2.45) is 5.92 Å². The molecule has 0 unspecified atom stereocenters. The van der Waals surface area contributed by atoms with Crippen LogP contribution >= 0.6 is 11.6 Å². The first-order chi connectivity index (χ1) is 14.7. The Bertz CT molecular complexity index is 894. The van der Waals surface area contributed by atoms with E-state index >= 15 is 0 Å². The molecule has 0 bridgehead atoms. The van der Waals surface area contributed by atoms with E-state index in [-0.39, 0.29) is 24.1 Å². The van der Waals surface area contributed by atoms with Crippen molar-refractivity contribution in [1.82, 2.24) is 10.2 Å². The molecule has 31 heavy (non-hydrogen) atoms. The highest BCUT2D eigenvalue weighted by molar-refractivity contribution is 6.30. The van der Waals surface area contributed by atoms with Crippen molar-refractivity contribution in [2.45, 2.75) is 25.6 Å². The van der Waals surface area contributed by atoms with E-state index in [1.165, 1.54) is 12.1 Å². The lowest BCUT2D eigenvalue weighted by Crippen LogP contribution is -2.42. The summed E-state index contributed by atoms with van der Waals surface area (Å²) in [4.78, 5) is 26.6. The van der Waals surface area contributed by atoms with Gasteiger partial charge in [0, 0.05) is 23.2 Å². The van der Waals surface area contributed by atoms with E-state index in [1.54, 1.807) is 0 Å². The van der Waals surface area contributed by atoms with Crippen LogP contribution in [-0.4, -0.2) is 36.3 Å². The third-order valence-corrected chi connectivity index (χ3v) is 5.45. The Morgan fingerprint density at radius 3 is 2.19 bits per heavy atom. The highest BCUT2D eigenvalue weighted by atomic mass is 35.5. The molecule has 2 N–H and O–H groups in total. The highest BCUT2D eigenvalue weighted by Gasteiger charge is 2.30. The maximum Gasteiger partial charge on any atom is 0.416 e. The van der Waals surface area contributed by atoms with Gasteiger partial charge in [-0.3, -0.25) is 14.5 Å². The molecule has 1 heterocycles. The Balaban J connectivity index is 1.38. The molecule has 1 aliphatic heterocycles. The summed E-state index contributed by atoms with van der Waals surface area (Å²) in [5.74, 6) is -0.845. The minimum Gasteiger partial charge on any atom is -0.347 e. The second-order valence-electron chi connectivity index (χ2n) is 7.52. The number of likely N-dealkylation sites (tertiary alicyclic amines) is 1. The van der Waals surface area contributed by atoms with Crippen LogP contribution in [0.1, 0.15) is 24.0 Å². The van der Waals surface area contributed by atoms with Gasteiger partial charge < -0.3 is 10.6 Å². The van der Waals surface area contributed by atoms with Crippen LogP contribution in [0, 0.1) is 5.92 Å². The Hall–Kier alpha value is -2.58. The van der Waals surface area contributed by atoms with Gasteiger partial charge in [-0.2, -0.15) is 13.2 Å². The molecule has 166 valence electrons. The van der Waals surface area contributed by atoms with Crippen LogP contribution < -0.4 is 10.6 Å². The molecule has 2 aromatic carbocycles. The van der Waals surface area contributed by atoms with E-state index < -0.39 is 17.6 Å². The van der Waals surface area contributed by atoms with Crippen molar-refractivity contribution in [3.63, 3.8) is 0 Å². The fraction of sp³-hybridized carbons (Fsp3) is 0.364. The van der Waals surface area contributed by atoms with Crippen molar-refractivity contribution in [1.29, 1.82) is 0 Å². The molecule has 5 nitrogen and oxygen atoms in total. The summed E-state index contributed by atoms with van der Waals surface area (Å²) in [6.45, 7) is 2.11. The first-order valence-corrected chi connectivity index (χ1v) is 10.3. The number of anilines is 1. The van der Waals surface area contributed by atoms with E-state index in [2.05, 4.69) is 15.5 Å². The van der Waals surface area contributed by atoms with Crippen LogP contribution in [0.15, 0.2) is 48.5 Å². The van der Waals surface area contributed by atoms with E-state index in [0.29, 0.717) is 17.9 Å². The molecular formula is C22H23ClF3N3O2. The van der Waals surface area contributed by atoms with Gasteiger partial charge in [0.2, 0.25) is 11.8 Å². The van der Waals surface area contributed by atoms with Crippen LogP contribution in [-0.2, 0) is 22.3 Å². The Labute approximate surface area is 183 Å². The lowest BCUT2D eigenvalue weighted by Gasteiger charge is -2.31. The van der Waals surface area contributed by atoms with Crippen molar-refractivity contribution < 1.29 is 22.8 Å². The number of carbonyl (C=O) groups is 2. The van der Waals surface area contributed by atoms with E-state index in [4.69, 9.17) is 11.6 Å². The van der Waals surface area contributed by atoms with Crippen LogP contribution in [0.3, 0.4) is 0 Å². The number of hydrogen-bond acceptors (Lipinski definition) is 3. The second-order valence-corrected chi connectivity index (χ2v) is 7.95. The normalized spacial score (nSPS) is 15.5. The number of nitrogens with zero attached hydrogens (tertiary/aromatic N) is 1. The predicted molar refractivity (Wildman–Crippen MR) is 113 cm³/mol. The molecule has 0 saturated carbocycles. The number of nitrogens with one attached hydrogen (secondary N) is 2. The number of benzene rings is 2. The van der Waals surface area contributed by atoms with Gasteiger partial charge in [0.15, 0.2) is 0 Å². The summed E-state index contributed by atoms with van der Waals surface area (Å²) >= 11 is 5.90. The SMILES string of the molecule is O=C(CNC(=O)C1CCN(Cc2ccc(Cl)cc2)CC1)Nc1ccc(C(F)(F)F)cc1. The van der Waals surface area contributed by atoms with Crippen LogP contribution in [0.5, 0.6) is 0 Å². The molecule has 0 aromatic heterocycles. The highest BCUT2D eigenvalue weighted by Crippen LogP contribution is 2.29. The molecule has 2 aromatic rings. The Kier molecular flexibility index (Phi) is 7.56. The summed E-state index contributed by atoms with van der Waals surface area (Å²) in [6, 6.07) is 11.8. The minimum absolute atomic E-state index is 0.166. The lowest BCUT2D eigenvalue weighted by molar-refractivity contribution is -0.137. The van der Waals surface area contributed by atoms with Crippen LogP contribution in [0.2, 0.25) is 5.02 Å². The topological polar surface area (TPSA) is 61.4 Å². The Morgan fingerprint density at radius 2 is 1.61 bits per heavy atom. The zero-order valence-corrected chi connectivity index (χ0v) is 17.5. The average Bonchev–Trinajstić information content (AvgIpc) is 2.74. The zero-order chi connectivity index (χ0) is 22.4. The van der Waals surface area contributed by atoms with Gasteiger partial charge in [-0.05, 0) is 67.9 Å². The fourth-order valence-corrected chi connectivity index (χ4v) is 3.59. The molecule has 1 fully saturated rings. The molecule has 2 amide bonds. The summed E-state index contributed by atoms with van der Waals surface area (Å²) < 4.78 is 37.7. The van der Waals surface area contributed by atoms with E-state index in [0.717, 1.165) is 37.3 Å². The molecule has 1 aliphatic rings. The third kappa shape index (κ3) is 6.97. The lowest BCUT2D eigenvalue weighted by atomic mass is 9.95. The molecular weight excluding hydrogens is 431 g/mol. The quantitative estimate of drug-likeness (QED) is 0.684. The minimum atomic E-state index is -4.43. The van der Waals surface area contributed by atoms with Gasteiger partial charge >= 0.3 is 6.18 Å². The number of rotatable bonds is 6. The molecule has 9 heteroatoms. The number of amides is 2. The smallest absolute Gasteiger partial charge is 0.347 e. The van der Waals surface area contributed by atoms with Crippen LogP contribution in [0.4, 0.5) is 18.9 Å². The standard InChI is InChI=1S/C22H23ClF3N3O2/c23-18-5-1-15(2-6-18)14-29-11-9-16(10-12-29)21(31)27-13-20(30)28-19-7-3-17(4-8-19)22(24,25)26/h1-8,16H,9-14H2,(H,27,31)(H,28,30). The van der Waals surface area contributed by atoms with Gasteiger partial charge in [-0.15, -0.1) is 0 Å². The van der Waals surface area contributed by atoms with Gasteiger partial charge in [-0.25, -0.2) is 0 Å². The average molecular weight is 454 g/mol. The number of carbonyl (C=O) groups excluding carboxylic acids is 2. The predicted octanol–water partition coefficient (Wildman–Crippen LogP) is 4.33. The summed E-state index contributed by atoms with van der Waals surface area (Å²) in [5, 5.41) is 5.79. The van der Waals surface area contributed by atoms with Crippen LogP contribution in [0.25, 0.3) is 0 Å². The molecule has 0 spiro atoms. The van der Waals surface area contributed by atoms with Crippen molar-refractivity contribution in [3.05, 3.63) is 64.7 Å². The van der Waals surface area contributed by atoms with Crippen molar-refractivity contribution >= 4 is 29.1 Å². The first-order valence-electron chi connectivity index (χ1n) is 9.92.